The predicted molar refractivity (Wildman–Crippen MR) is 78.0 cm³/mol. The number of rotatable bonds is 5. The molecule has 1 saturated heterocycles. The summed E-state index contributed by atoms with van der Waals surface area (Å²) in [6, 6.07) is 10.0. The van der Waals surface area contributed by atoms with Crippen molar-refractivity contribution in [3.63, 3.8) is 0 Å². The van der Waals surface area contributed by atoms with Gasteiger partial charge < -0.3 is 4.74 Å². The molecule has 1 heterocycles. The smallest absolute Gasteiger partial charge is 0.238 e. The van der Waals surface area contributed by atoms with Gasteiger partial charge >= 0.3 is 0 Å². The maximum Gasteiger partial charge on any atom is 0.238 e. The van der Waals surface area contributed by atoms with Crippen LogP contribution in [0.15, 0.2) is 30.3 Å². The number of nitrogens with one attached hydrogen (secondary N) is 1. The number of hydrazine groups is 1. The number of morpholine rings is 1. The summed E-state index contributed by atoms with van der Waals surface area (Å²) in [5.41, 5.74) is 4.12. The first kappa shape index (κ1) is 14.4. The van der Waals surface area contributed by atoms with E-state index in [1.54, 1.807) is 0 Å². The highest BCUT2D eigenvalue weighted by atomic mass is 32.1. The number of carbonyl (C=O) groups excluding carboxylic acids is 1. The molecule has 1 amide bonds. The average molecular weight is 280 g/mol. The highest BCUT2D eigenvalue weighted by Gasteiger charge is 2.20. The standard InChI is InChI=1S/C14H20N2O2S/c17-14(15-16-6-8-18-9-7-16)13(11-19)10-12-4-2-1-3-5-12/h1-5,13,19H,6-11H2,(H,15,17). The summed E-state index contributed by atoms with van der Waals surface area (Å²) in [5, 5.41) is 1.92. The number of hydrogen-bond acceptors (Lipinski definition) is 4. The van der Waals surface area contributed by atoms with Gasteiger partial charge in [0.2, 0.25) is 5.91 Å². The highest BCUT2D eigenvalue weighted by molar-refractivity contribution is 7.80. The Balaban J connectivity index is 1.87. The largest absolute Gasteiger partial charge is 0.379 e. The fourth-order valence-electron chi connectivity index (χ4n) is 2.06. The van der Waals surface area contributed by atoms with Crippen molar-refractivity contribution in [1.82, 2.24) is 10.4 Å². The number of thiol groups is 1. The molecule has 1 N–H and O–H groups in total. The number of carbonyl (C=O) groups is 1. The van der Waals surface area contributed by atoms with E-state index in [2.05, 4.69) is 18.1 Å². The molecule has 0 aliphatic carbocycles. The van der Waals surface area contributed by atoms with Gasteiger partial charge in [-0.15, -0.1) is 0 Å². The van der Waals surface area contributed by atoms with Crippen molar-refractivity contribution in [1.29, 1.82) is 0 Å². The molecule has 0 aromatic heterocycles. The summed E-state index contributed by atoms with van der Waals surface area (Å²) < 4.78 is 5.26. The van der Waals surface area contributed by atoms with Crippen molar-refractivity contribution in [2.75, 3.05) is 32.1 Å². The predicted octanol–water partition coefficient (Wildman–Crippen LogP) is 1.14. The molecule has 19 heavy (non-hydrogen) atoms. The Morgan fingerprint density at radius 2 is 2.00 bits per heavy atom. The molecule has 1 atom stereocenters. The second-order valence-electron chi connectivity index (χ2n) is 4.64. The molecule has 1 aliphatic heterocycles. The molecule has 0 spiro atoms. The minimum Gasteiger partial charge on any atom is -0.379 e. The zero-order valence-corrected chi connectivity index (χ0v) is 11.8. The molecule has 0 saturated carbocycles. The molecule has 1 aromatic rings. The van der Waals surface area contributed by atoms with Crippen molar-refractivity contribution in [2.45, 2.75) is 6.42 Å². The summed E-state index contributed by atoms with van der Waals surface area (Å²) in [4.78, 5) is 12.2. The van der Waals surface area contributed by atoms with Crippen LogP contribution in [-0.4, -0.2) is 43.0 Å². The number of ether oxygens (including phenoxy) is 1. The molecule has 1 aliphatic rings. The summed E-state index contributed by atoms with van der Waals surface area (Å²) in [5.74, 6) is 0.486. The molecule has 5 heteroatoms. The Kier molecular flexibility index (Phi) is 5.69. The van der Waals surface area contributed by atoms with E-state index >= 15 is 0 Å². The first-order valence-electron chi connectivity index (χ1n) is 6.57. The van der Waals surface area contributed by atoms with E-state index in [1.807, 2.05) is 35.3 Å². The first-order chi connectivity index (χ1) is 9.29. The summed E-state index contributed by atoms with van der Waals surface area (Å²) in [7, 11) is 0. The van der Waals surface area contributed by atoms with Crippen molar-refractivity contribution >= 4 is 18.5 Å². The van der Waals surface area contributed by atoms with Crippen LogP contribution in [0.5, 0.6) is 0 Å². The number of amides is 1. The maximum absolute atomic E-state index is 12.2. The van der Waals surface area contributed by atoms with Crippen LogP contribution in [0.3, 0.4) is 0 Å². The fraction of sp³-hybridized carbons (Fsp3) is 0.500. The van der Waals surface area contributed by atoms with Gasteiger partial charge in [0.15, 0.2) is 0 Å². The van der Waals surface area contributed by atoms with Gasteiger partial charge in [-0.2, -0.15) is 12.6 Å². The Bertz CT molecular complexity index is 394. The van der Waals surface area contributed by atoms with Gasteiger partial charge in [0.1, 0.15) is 0 Å². The Morgan fingerprint density at radius 1 is 1.32 bits per heavy atom. The summed E-state index contributed by atoms with van der Waals surface area (Å²) in [6.07, 6.45) is 0.723. The lowest BCUT2D eigenvalue weighted by atomic mass is 10.0. The lowest BCUT2D eigenvalue weighted by molar-refractivity contribution is -0.131. The van der Waals surface area contributed by atoms with Gasteiger partial charge in [-0.1, -0.05) is 30.3 Å². The van der Waals surface area contributed by atoms with Crippen LogP contribution >= 0.6 is 12.6 Å². The monoisotopic (exact) mass is 280 g/mol. The molecule has 1 unspecified atom stereocenters. The third-order valence-electron chi connectivity index (χ3n) is 3.20. The Hall–Kier alpha value is -1.04. The highest BCUT2D eigenvalue weighted by Crippen LogP contribution is 2.11. The summed E-state index contributed by atoms with van der Waals surface area (Å²) in [6.45, 7) is 2.84. The van der Waals surface area contributed by atoms with E-state index in [1.165, 1.54) is 5.56 Å². The van der Waals surface area contributed by atoms with Crippen molar-refractivity contribution in [3.8, 4) is 0 Å². The third-order valence-corrected chi connectivity index (χ3v) is 3.64. The summed E-state index contributed by atoms with van der Waals surface area (Å²) >= 11 is 4.30. The fourth-order valence-corrected chi connectivity index (χ4v) is 2.36. The Morgan fingerprint density at radius 3 is 2.63 bits per heavy atom. The molecule has 2 rings (SSSR count). The lowest BCUT2D eigenvalue weighted by Gasteiger charge is -2.28. The molecule has 0 radical (unpaired) electrons. The lowest BCUT2D eigenvalue weighted by Crippen LogP contribution is -2.50. The Labute approximate surface area is 119 Å². The first-order valence-corrected chi connectivity index (χ1v) is 7.21. The van der Waals surface area contributed by atoms with Crippen LogP contribution in [-0.2, 0) is 16.0 Å². The number of hydrogen-bond donors (Lipinski definition) is 2. The van der Waals surface area contributed by atoms with Crippen LogP contribution in [0.25, 0.3) is 0 Å². The van der Waals surface area contributed by atoms with Gasteiger partial charge in [0, 0.05) is 18.8 Å². The van der Waals surface area contributed by atoms with E-state index in [9.17, 15) is 4.79 Å². The molecular formula is C14H20N2O2S. The maximum atomic E-state index is 12.2. The van der Waals surface area contributed by atoms with E-state index in [-0.39, 0.29) is 11.8 Å². The van der Waals surface area contributed by atoms with E-state index in [4.69, 9.17) is 4.74 Å². The van der Waals surface area contributed by atoms with Crippen molar-refractivity contribution < 1.29 is 9.53 Å². The molecule has 1 aromatic carbocycles. The third kappa shape index (κ3) is 4.53. The van der Waals surface area contributed by atoms with E-state index in [0.717, 1.165) is 19.5 Å². The quantitative estimate of drug-likeness (QED) is 0.795. The van der Waals surface area contributed by atoms with Gasteiger partial charge in [0.05, 0.1) is 19.1 Å². The molecular weight excluding hydrogens is 260 g/mol. The minimum absolute atomic E-state index is 0.0424. The van der Waals surface area contributed by atoms with Gasteiger partial charge in [-0.25, -0.2) is 5.01 Å². The molecule has 1 fully saturated rings. The van der Waals surface area contributed by atoms with E-state index < -0.39 is 0 Å². The molecule has 104 valence electrons. The van der Waals surface area contributed by atoms with Gasteiger partial charge in [0.25, 0.3) is 0 Å². The van der Waals surface area contributed by atoms with Gasteiger partial charge in [-0.05, 0) is 12.0 Å². The van der Waals surface area contributed by atoms with Crippen LogP contribution in [0.2, 0.25) is 0 Å². The minimum atomic E-state index is -0.103. The van der Waals surface area contributed by atoms with Crippen LogP contribution in [0, 0.1) is 5.92 Å². The zero-order chi connectivity index (χ0) is 13.5. The zero-order valence-electron chi connectivity index (χ0n) is 10.9. The van der Waals surface area contributed by atoms with Crippen molar-refractivity contribution in [3.05, 3.63) is 35.9 Å². The van der Waals surface area contributed by atoms with Crippen LogP contribution in [0.4, 0.5) is 0 Å². The van der Waals surface area contributed by atoms with Crippen molar-refractivity contribution in [2.24, 2.45) is 5.92 Å². The van der Waals surface area contributed by atoms with Crippen LogP contribution < -0.4 is 5.43 Å². The van der Waals surface area contributed by atoms with Crippen LogP contribution in [0.1, 0.15) is 5.56 Å². The van der Waals surface area contributed by atoms with Gasteiger partial charge in [-0.3, -0.25) is 10.2 Å². The number of nitrogens with zero attached hydrogens (tertiary/aromatic N) is 1. The second kappa shape index (κ2) is 7.53. The average Bonchev–Trinajstić information content (AvgIpc) is 2.47. The van der Waals surface area contributed by atoms with E-state index in [0.29, 0.717) is 19.0 Å². The second-order valence-corrected chi connectivity index (χ2v) is 5.01. The SMILES string of the molecule is O=C(NN1CCOCC1)C(CS)Cc1ccccc1. The molecule has 0 bridgehead atoms. The number of benzene rings is 1. The topological polar surface area (TPSA) is 41.6 Å². The molecule has 4 nitrogen and oxygen atoms in total. The normalized spacial score (nSPS) is 17.9.